The molecule has 2 heterocycles. The van der Waals surface area contributed by atoms with Crippen LogP contribution in [-0.4, -0.2) is 33.1 Å². The molecule has 3 N–H and O–H groups in total. The quantitative estimate of drug-likeness (QED) is 0.607. The van der Waals surface area contributed by atoms with Crippen molar-refractivity contribution in [3.63, 3.8) is 0 Å². The van der Waals surface area contributed by atoms with E-state index in [9.17, 15) is 0 Å². The minimum atomic E-state index is -0.0257. The first kappa shape index (κ1) is 14.5. The van der Waals surface area contributed by atoms with E-state index in [-0.39, 0.29) is 11.6 Å². The Morgan fingerprint density at radius 1 is 1.42 bits per heavy atom. The van der Waals surface area contributed by atoms with Crippen LogP contribution in [0.25, 0.3) is 0 Å². The molecule has 1 saturated heterocycles. The van der Waals surface area contributed by atoms with Crippen LogP contribution in [0.4, 0.5) is 0 Å². The van der Waals surface area contributed by atoms with Crippen LogP contribution in [0.1, 0.15) is 51.9 Å². The standard InChI is InChI=1S/C14H27N5/c1-4-8-18-11-7-16-13(18)12(17-15)14(2,3)19-9-5-6-10-19/h7,11-12,17H,4-6,8-10,15H2,1-3H3. The van der Waals surface area contributed by atoms with Crippen LogP contribution in [0, 0.1) is 0 Å². The number of aromatic nitrogens is 2. The smallest absolute Gasteiger partial charge is 0.129 e. The van der Waals surface area contributed by atoms with Crippen molar-refractivity contribution in [2.75, 3.05) is 13.1 Å². The lowest BCUT2D eigenvalue weighted by molar-refractivity contribution is 0.101. The van der Waals surface area contributed by atoms with Crippen molar-refractivity contribution in [3.8, 4) is 0 Å². The summed E-state index contributed by atoms with van der Waals surface area (Å²) in [6, 6.07) is 0.0483. The largest absolute Gasteiger partial charge is 0.334 e. The van der Waals surface area contributed by atoms with Crippen molar-refractivity contribution in [2.24, 2.45) is 5.84 Å². The van der Waals surface area contributed by atoms with Crippen molar-refractivity contribution in [1.29, 1.82) is 0 Å². The Kier molecular flexibility index (Phi) is 4.60. The molecule has 5 nitrogen and oxygen atoms in total. The van der Waals surface area contributed by atoms with Crippen molar-refractivity contribution in [3.05, 3.63) is 18.2 Å². The molecule has 1 fully saturated rings. The zero-order valence-corrected chi connectivity index (χ0v) is 12.4. The molecular weight excluding hydrogens is 238 g/mol. The van der Waals surface area contributed by atoms with Crippen molar-refractivity contribution in [1.82, 2.24) is 19.9 Å². The fourth-order valence-electron chi connectivity index (χ4n) is 3.08. The second-order valence-electron chi connectivity index (χ2n) is 5.93. The van der Waals surface area contributed by atoms with Gasteiger partial charge in [0.25, 0.3) is 0 Å². The summed E-state index contributed by atoms with van der Waals surface area (Å²) in [5.74, 6) is 6.90. The number of imidazole rings is 1. The number of hydrogen-bond acceptors (Lipinski definition) is 4. The van der Waals surface area contributed by atoms with Gasteiger partial charge in [-0.15, -0.1) is 0 Å². The van der Waals surface area contributed by atoms with Gasteiger partial charge < -0.3 is 4.57 Å². The fourth-order valence-corrected chi connectivity index (χ4v) is 3.08. The van der Waals surface area contributed by atoms with E-state index >= 15 is 0 Å². The van der Waals surface area contributed by atoms with Gasteiger partial charge in [-0.3, -0.25) is 10.7 Å². The van der Waals surface area contributed by atoms with E-state index in [1.54, 1.807) is 0 Å². The molecule has 0 amide bonds. The van der Waals surface area contributed by atoms with E-state index in [2.05, 4.69) is 40.6 Å². The molecule has 0 aliphatic carbocycles. The molecule has 2 rings (SSSR count). The molecule has 0 saturated carbocycles. The minimum absolute atomic E-state index is 0.0257. The molecule has 0 aromatic carbocycles. The third-order valence-electron chi connectivity index (χ3n) is 4.26. The molecular formula is C14H27N5. The normalized spacial score (nSPS) is 18.9. The van der Waals surface area contributed by atoms with Gasteiger partial charge in [-0.25, -0.2) is 10.4 Å². The van der Waals surface area contributed by atoms with Crippen molar-refractivity contribution < 1.29 is 0 Å². The Hall–Kier alpha value is -0.910. The van der Waals surface area contributed by atoms with E-state index in [1.165, 1.54) is 12.8 Å². The van der Waals surface area contributed by atoms with E-state index < -0.39 is 0 Å². The van der Waals surface area contributed by atoms with Gasteiger partial charge in [0.2, 0.25) is 0 Å². The SMILES string of the molecule is CCCn1ccnc1C(NN)C(C)(C)N1CCCC1. The van der Waals surface area contributed by atoms with E-state index in [1.807, 2.05) is 12.4 Å². The molecule has 1 aliphatic rings. The number of hydrazine groups is 1. The lowest BCUT2D eigenvalue weighted by atomic mass is 9.92. The van der Waals surface area contributed by atoms with Crippen LogP contribution in [0.3, 0.4) is 0 Å². The Balaban J connectivity index is 2.24. The molecule has 108 valence electrons. The van der Waals surface area contributed by atoms with E-state index in [0.29, 0.717) is 0 Å². The number of rotatable bonds is 6. The molecule has 1 atom stereocenters. The highest BCUT2D eigenvalue weighted by atomic mass is 15.3. The predicted octanol–water partition coefficient (Wildman–Crippen LogP) is 1.67. The van der Waals surface area contributed by atoms with Crippen LogP contribution in [0.5, 0.6) is 0 Å². The molecule has 0 radical (unpaired) electrons. The van der Waals surface area contributed by atoms with E-state index in [4.69, 9.17) is 5.84 Å². The second kappa shape index (κ2) is 6.03. The average molecular weight is 265 g/mol. The van der Waals surface area contributed by atoms with Crippen LogP contribution >= 0.6 is 0 Å². The van der Waals surface area contributed by atoms with Crippen LogP contribution in [0.15, 0.2) is 12.4 Å². The number of likely N-dealkylation sites (tertiary alicyclic amines) is 1. The lowest BCUT2D eigenvalue weighted by Gasteiger charge is -2.41. The molecule has 5 heteroatoms. The van der Waals surface area contributed by atoms with Gasteiger partial charge in [-0.1, -0.05) is 6.92 Å². The second-order valence-corrected chi connectivity index (χ2v) is 5.93. The topological polar surface area (TPSA) is 59.1 Å². The van der Waals surface area contributed by atoms with Crippen molar-refractivity contribution >= 4 is 0 Å². The summed E-state index contributed by atoms with van der Waals surface area (Å²) in [7, 11) is 0. The minimum Gasteiger partial charge on any atom is -0.334 e. The van der Waals surface area contributed by atoms with E-state index in [0.717, 1.165) is 31.9 Å². The first-order valence-electron chi connectivity index (χ1n) is 7.33. The Bertz CT molecular complexity index is 392. The monoisotopic (exact) mass is 265 g/mol. The molecule has 1 aromatic rings. The maximum absolute atomic E-state index is 5.85. The summed E-state index contributed by atoms with van der Waals surface area (Å²) in [6.07, 6.45) is 7.58. The molecule has 19 heavy (non-hydrogen) atoms. The van der Waals surface area contributed by atoms with Gasteiger partial charge in [-0.05, 0) is 46.2 Å². The van der Waals surface area contributed by atoms with Crippen molar-refractivity contribution in [2.45, 2.75) is 58.2 Å². The van der Waals surface area contributed by atoms with Gasteiger partial charge >= 0.3 is 0 Å². The average Bonchev–Trinajstić information content (AvgIpc) is 3.02. The van der Waals surface area contributed by atoms with Gasteiger partial charge in [0.1, 0.15) is 5.82 Å². The van der Waals surface area contributed by atoms with Gasteiger partial charge in [0.05, 0.1) is 6.04 Å². The number of nitrogens with one attached hydrogen (secondary N) is 1. The third kappa shape index (κ3) is 2.83. The number of nitrogens with two attached hydrogens (primary N) is 1. The highest BCUT2D eigenvalue weighted by Crippen LogP contribution is 2.32. The Morgan fingerprint density at radius 2 is 2.11 bits per heavy atom. The maximum Gasteiger partial charge on any atom is 0.129 e. The van der Waals surface area contributed by atoms with Crippen LogP contribution in [0.2, 0.25) is 0 Å². The summed E-state index contributed by atoms with van der Waals surface area (Å²) in [5, 5.41) is 0. The number of aryl methyl sites for hydroxylation is 1. The number of nitrogens with zero attached hydrogens (tertiary/aromatic N) is 3. The third-order valence-corrected chi connectivity index (χ3v) is 4.26. The summed E-state index contributed by atoms with van der Waals surface area (Å²) >= 11 is 0. The summed E-state index contributed by atoms with van der Waals surface area (Å²) in [5.41, 5.74) is 2.97. The predicted molar refractivity (Wildman–Crippen MR) is 77.5 cm³/mol. The molecule has 1 aromatic heterocycles. The fraction of sp³-hybridized carbons (Fsp3) is 0.786. The van der Waals surface area contributed by atoms with Crippen LogP contribution in [-0.2, 0) is 6.54 Å². The summed E-state index contributed by atoms with van der Waals surface area (Å²) < 4.78 is 2.21. The lowest BCUT2D eigenvalue weighted by Crippen LogP contribution is -2.54. The Morgan fingerprint density at radius 3 is 2.68 bits per heavy atom. The highest BCUT2D eigenvalue weighted by molar-refractivity contribution is 5.08. The zero-order chi connectivity index (χ0) is 13.9. The van der Waals surface area contributed by atoms with Gasteiger partial charge in [-0.2, -0.15) is 0 Å². The van der Waals surface area contributed by atoms with Gasteiger partial charge in [0, 0.05) is 24.5 Å². The first-order valence-corrected chi connectivity index (χ1v) is 7.33. The van der Waals surface area contributed by atoms with Crippen LogP contribution < -0.4 is 11.3 Å². The molecule has 1 unspecified atom stereocenters. The summed E-state index contributed by atoms with van der Waals surface area (Å²) in [6.45, 7) is 9.99. The molecule has 0 spiro atoms. The molecule has 0 bridgehead atoms. The zero-order valence-electron chi connectivity index (χ0n) is 12.4. The maximum atomic E-state index is 5.85. The van der Waals surface area contributed by atoms with Gasteiger partial charge in [0.15, 0.2) is 0 Å². The first-order chi connectivity index (χ1) is 9.11. The highest BCUT2D eigenvalue weighted by Gasteiger charge is 2.39. The summed E-state index contributed by atoms with van der Waals surface area (Å²) in [4.78, 5) is 7.05. The Labute approximate surface area is 116 Å². The number of hydrogen-bond donors (Lipinski definition) is 2. The molecule has 1 aliphatic heterocycles.